The molecule has 0 aliphatic rings. The zero-order valence-corrected chi connectivity index (χ0v) is 16.2. The van der Waals surface area contributed by atoms with E-state index in [9.17, 15) is 9.90 Å². The van der Waals surface area contributed by atoms with Gasteiger partial charge in [0.2, 0.25) is 0 Å². The molecule has 0 aliphatic carbocycles. The first-order valence-electron chi connectivity index (χ1n) is 8.95. The Bertz CT molecular complexity index is 875. The lowest BCUT2D eigenvalue weighted by molar-refractivity contribution is -0.147. The predicted molar refractivity (Wildman–Crippen MR) is 110 cm³/mol. The number of hydrogen-bond donors (Lipinski definition) is 2. The number of benzene rings is 2. The van der Waals surface area contributed by atoms with Gasteiger partial charge >= 0.3 is 5.97 Å². The third kappa shape index (κ3) is 4.49. The van der Waals surface area contributed by atoms with Crippen molar-refractivity contribution in [1.82, 2.24) is 0 Å². The lowest BCUT2D eigenvalue weighted by Gasteiger charge is -2.26. The average Bonchev–Trinajstić information content (AvgIpc) is 3.22. The zero-order chi connectivity index (χ0) is 19.2. The van der Waals surface area contributed by atoms with Crippen LogP contribution in [0.15, 0.2) is 66.0 Å². The van der Waals surface area contributed by atoms with Crippen molar-refractivity contribution in [2.45, 2.75) is 19.9 Å². The number of ether oxygens (including phenoxy) is 1. The summed E-state index contributed by atoms with van der Waals surface area (Å²) in [7, 11) is 0. The number of phenols is 1. The van der Waals surface area contributed by atoms with Gasteiger partial charge in [-0.15, -0.1) is 11.3 Å². The largest absolute Gasteiger partial charge is 0.506 e. The molecule has 140 valence electrons. The molecule has 0 spiro atoms. The molecule has 2 aromatic carbocycles. The number of rotatable bonds is 7. The molecule has 1 aromatic heterocycles. The van der Waals surface area contributed by atoms with Gasteiger partial charge in [0, 0.05) is 4.88 Å². The Kier molecular flexibility index (Phi) is 6.14. The molecule has 2 N–H and O–H groups in total. The third-order valence-electron chi connectivity index (χ3n) is 4.45. The topological polar surface area (TPSA) is 58.6 Å². The van der Waals surface area contributed by atoms with Crippen LogP contribution in [0.1, 0.15) is 25.5 Å². The predicted octanol–water partition coefficient (Wildman–Crippen LogP) is 5.47. The molecule has 0 amide bonds. The molecule has 4 nitrogen and oxygen atoms in total. The van der Waals surface area contributed by atoms with Gasteiger partial charge in [0.05, 0.1) is 24.3 Å². The maximum Gasteiger partial charge on any atom is 0.311 e. The highest BCUT2D eigenvalue weighted by atomic mass is 32.1. The quantitative estimate of drug-likeness (QED) is 0.421. The van der Waals surface area contributed by atoms with Crippen molar-refractivity contribution < 1.29 is 14.6 Å². The number of carbonyl (C=O) groups excluding carboxylic acids is 1. The van der Waals surface area contributed by atoms with Gasteiger partial charge in [-0.3, -0.25) is 4.79 Å². The summed E-state index contributed by atoms with van der Waals surface area (Å²) in [6.07, 6.45) is 0. The van der Waals surface area contributed by atoms with Gasteiger partial charge in [-0.1, -0.05) is 42.5 Å². The van der Waals surface area contributed by atoms with Crippen LogP contribution in [0.3, 0.4) is 0 Å². The van der Waals surface area contributed by atoms with E-state index in [4.69, 9.17) is 4.74 Å². The monoisotopic (exact) mass is 381 g/mol. The van der Waals surface area contributed by atoms with Crippen LogP contribution >= 0.6 is 11.3 Å². The van der Waals surface area contributed by atoms with Crippen LogP contribution in [0.4, 0.5) is 5.69 Å². The van der Waals surface area contributed by atoms with Crippen molar-refractivity contribution in [3.8, 4) is 16.2 Å². The number of esters is 1. The van der Waals surface area contributed by atoms with Crippen LogP contribution in [-0.2, 0) is 9.53 Å². The molecule has 5 heteroatoms. The molecular weight excluding hydrogens is 358 g/mol. The average molecular weight is 381 g/mol. The van der Waals surface area contributed by atoms with Crippen LogP contribution in [0.2, 0.25) is 0 Å². The molecule has 1 heterocycles. The van der Waals surface area contributed by atoms with E-state index >= 15 is 0 Å². The SMILES string of the molecule is CCOC(=O)[C@@H](C)C(Nc1ccccc1O)c1ccc(-c2cccs2)cc1. The fourth-order valence-electron chi connectivity index (χ4n) is 2.97. The normalized spacial score (nSPS) is 13.0. The minimum Gasteiger partial charge on any atom is -0.506 e. The Morgan fingerprint density at radius 2 is 1.85 bits per heavy atom. The first-order chi connectivity index (χ1) is 13.1. The minimum absolute atomic E-state index is 0.147. The fraction of sp³-hybridized carbons (Fsp3) is 0.227. The van der Waals surface area contributed by atoms with E-state index in [0.717, 1.165) is 11.1 Å². The van der Waals surface area contributed by atoms with Gasteiger partial charge in [0.25, 0.3) is 0 Å². The van der Waals surface area contributed by atoms with Crippen LogP contribution < -0.4 is 5.32 Å². The molecular formula is C22H23NO3S. The Morgan fingerprint density at radius 1 is 1.11 bits per heavy atom. The van der Waals surface area contributed by atoms with E-state index in [0.29, 0.717) is 12.3 Å². The fourth-order valence-corrected chi connectivity index (χ4v) is 3.70. The highest BCUT2D eigenvalue weighted by Gasteiger charge is 2.27. The van der Waals surface area contributed by atoms with Crippen molar-refractivity contribution in [3.05, 3.63) is 71.6 Å². The molecule has 0 aliphatic heterocycles. The Balaban J connectivity index is 1.91. The van der Waals surface area contributed by atoms with Crippen LogP contribution in [0, 0.1) is 5.92 Å². The molecule has 3 rings (SSSR count). The first kappa shape index (κ1) is 19.0. The van der Waals surface area contributed by atoms with Gasteiger partial charge in [0.1, 0.15) is 5.75 Å². The van der Waals surface area contributed by atoms with Crippen molar-refractivity contribution >= 4 is 23.0 Å². The molecule has 0 bridgehead atoms. The van der Waals surface area contributed by atoms with E-state index < -0.39 is 5.92 Å². The molecule has 27 heavy (non-hydrogen) atoms. The number of anilines is 1. The summed E-state index contributed by atoms with van der Waals surface area (Å²) in [6, 6.07) is 18.9. The van der Waals surface area contributed by atoms with E-state index in [1.807, 2.05) is 31.2 Å². The minimum atomic E-state index is -0.419. The summed E-state index contributed by atoms with van der Waals surface area (Å²) >= 11 is 1.69. The smallest absolute Gasteiger partial charge is 0.311 e. The third-order valence-corrected chi connectivity index (χ3v) is 5.37. The molecule has 1 unspecified atom stereocenters. The summed E-state index contributed by atoms with van der Waals surface area (Å²) in [5.41, 5.74) is 2.68. The molecule has 2 atom stereocenters. The highest BCUT2D eigenvalue weighted by molar-refractivity contribution is 7.13. The van der Waals surface area contributed by atoms with Crippen molar-refractivity contribution in [2.24, 2.45) is 5.92 Å². The second kappa shape index (κ2) is 8.73. The number of nitrogens with one attached hydrogen (secondary N) is 1. The van der Waals surface area contributed by atoms with Gasteiger partial charge < -0.3 is 15.2 Å². The molecule has 0 saturated heterocycles. The second-order valence-corrected chi connectivity index (χ2v) is 7.23. The summed E-state index contributed by atoms with van der Waals surface area (Å²) in [4.78, 5) is 13.6. The molecule has 3 aromatic rings. The lowest BCUT2D eigenvalue weighted by Crippen LogP contribution is -2.27. The van der Waals surface area contributed by atoms with E-state index in [1.54, 1.807) is 36.5 Å². The van der Waals surface area contributed by atoms with E-state index in [1.165, 1.54) is 4.88 Å². The van der Waals surface area contributed by atoms with E-state index in [-0.39, 0.29) is 17.8 Å². The Labute approximate surface area is 163 Å². The number of phenolic OH excluding ortho intramolecular Hbond substituents is 1. The maximum atomic E-state index is 12.4. The van der Waals surface area contributed by atoms with E-state index in [2.05, 4.69) is 28.9 Å². The first-order valence-corrected chi connectivity index (χ1v) is 9.83. The number of aromatic hydroxyl groups is 1. The highest BCUT2D eigenvalue weighted by Crippen LogP contribution is 2.33. The molecule has 0 fully saturated rings. The van der Waals surface area contributed by atoms with Crippen molar-refractivity contribution in [1.29, 1.82) is 0 Å². The Morgan fingerprint density at radius 3 is 2.48 bits per heavy atom. The summed E-state index contributed by atoms with van der Waals surface area (Å²) in [5.74, 6) is -0.543. The molecule has 0 saturated carbocycles. The number of para-hydroxylation sites is 2. The number of thiophene rings is 1. The maximum absolute atomic E-state index is 12.4. The van der Waals surface area contributed by atoms with Gasteiger partial charge in [-0.05, 0) is 48.6 Å². The van der Waals surface area contributed by atoms with Crippen molar-refractivity contribution in [2.75, 3.05) is 11.9 Å². The summed E-state index contributed by atoms with van der Waals surface area (Å²) < 4.78 is 5.22. The van der Waals surface area contributed by atoms with Gasteiger partial charge in [0.15, 0.2) is 0 Å². The summed E-state index contributed by atoms with van der Waals surface area (Å²) in [6.45, 7) is 3.97. The number of carbonyl (C=O) groups is 1. The molecule has 0 radical (unpaired) electrons. The Hall–Kier alpha value is -2.79. The van der Waals surface area contributed by atoms with Crippen LogP contribution in [0.5, 0.6) is 5.75 Å². The standard InChI is InChI=1S/C22H23NO3S/c1-3-26-22(25)15(2)21(23-18-7-4-5-8-19(18)24)17-12-10-16(11-13-17)20-9-6-14-27-20/h4-15,21,23-24H,3H2,1-2H3/t15-,21?/m0/s1. The van der Waals surface area contributed by atoms with Gasteiger partial charge in [-0.2, -0.15) is 0 Å². The summed E-state index contributed by atoms with van der Waals surface area (Å²) in [5, 5.41) is 15.5. The van der Waals surface area contributed by atoms with Gasteiger partial charge in [-0.25, -0.2) is 0 Å². The lowest BCUT2D eigenvalue weighted by atomic mass is 9.93. The van der Waals surface area contributed by atoms with Crippen LogP contribution in [-0.4, -0.2) is 17.7 Å². The van der Waals surface area contributed by atoms with Crippen molar-refractivity contribution in [3.63, 3.8) is 0 Å². The van der Waals surface area contributed by atoms with Crippen LogP contribution in [0.25, 0.3) is 10.4 Å². The zero-order valence-electron chi connectivity index (χ0n) is 15.4. The second-order valence-electron chi connectivity index (χ2n) is 6.28. The number of hydrogen-bond acceptors (Lipinski definition) is 5.